The van der Waals surface area contributed by atoms with Gasteiger partial charge in [0.1, 0.15) is 11.5 Å². The van der Waals surface area contributed by atoms with Crippen molar-refractivity contribution in [1.29, 1.82) is 0 Å². The normalized spacial score (nSPS) is 15.1. The molecule has 0 bridgehead atoms. The molecule has 7 heteroatoms. The van der Waals surface area contributed by atoms with E-state index >= 15 is 0 Å². The third-order valence-electron chi connectivity index (χ3n) is 5.20. The Morgan fingerprint density at radius 2 is 1.81 bits per heavy atom. The molecule has 0 spiro atoms. The molecule has 1 fully saturated rings. The molecule has 0 atom stereocenters. The third-order valence-corrected chi connectivity index (χ3v) is 5.20. The van der Waals surface area contributed by atoms with Crippen LogP contribution in [0.1, 0.15) is 61.4 Å². The van der Waals surface area contributed by atoms with Crippen molar-refractivity contribution >= 4 is 17.7 Å². The van der Waals surface area contributed by atoms with Crippen LogP contribution in [0.2, 0.25) is 0 Å². The van der Waals surface area contributed by atoms with E-state index in [1.54, 1.807) is 19.9 Å². The third kappa shape index (κ3) is 5.58. The number of carbonyl (C=O) groups is 3. The van der Waals surface area contributed by atoms with Gasteiger partial charge in [-0.1, -0.05) is 13.8 Å². The summed E-state index contributed by atoms with van der Waals surface area (Å²) in [6.45, 7) is 8.84. The maximum Gasteiger partial charge on any atom is 0.255 e. The topological polar surface area (TPSA) is 91.7 Å². The van der Waals surface area contributed by atoms with Gasteiger partial charge in [-0.05, 0) is 45.6 Å². The Bertz CT molecular complexity index is 671. The van der Waals surface area contributed by atoms with Gasteiger partial charge in [-0.25, -0.2) is 0 Å². The van der Waals surface area contributed by atoms with E-state index in [9.17, 15) is 14.4 Å². The zero-order valence-corrected chi connectivity index (χ0v) is 16.8. The van der Waals surface area contributed by atoms with Crippen LogP contribution in [0.3, 0.4) is 0 Å². The minimum Gasteiger partial charge on any atom is -0.466 e. The van der Waals surface area contributed by atoms with Crippen LogP contribution in [-0.2, 0) is 9.59 Å². The maximum atomic E-state index is 12.4. The van der Waals surface area contributed by atoms with E-state index in [-0.39, 0.29) is 36.2 Å². The van der Waals surface area contributed by atoms with E-state index in [1.165, 1.54) is 0 Å². The highest BCUT2D eigenvalue weighted by atomic mass is 16.3. The molecule has 0 unspecified atom stereocenters. The first-order valence-electron chi connectivity index (χ1n) is 9.79. The molecule has 0 saturated carbocycles. The number of furan rings is 1. The molecule has 0 aliphatic carbocycles. The second kappa shape index (κ2) is 9.58. The minimum absolute atomic E-state index is 0.0399. The summed E-state index contributed by atoms with van der Waals surface area (Å²) in [5, 5.41) is 5.57. The average Bonchev–Trinajstić information content (AvgIpc) is 2.99. The van der Waals surface area contributed by atoms with Gasteiger partial charge in [-0.3, -0.25) is 14.4 Å². The van der Waals surface area contributed by atoms with Crippen molar-refractivity contribution in [2.45, 2.75) is 59.4 Å². The Labute approximate surface area is 160 Å². The number of hydrogen-bond donors (Lipinski definition) is 2. The summed E-state index contributed by atoms with van der Waals surface area (Å²) in [6, 6.07) is 1.70. The standard InChI is InChI=1S/C20H31N3O4/c1-5-15(6-2)20(26)23-9-7-16(8-10-23)22-18(24)12-21-19(25)17-11-13(3)27-14(17)4/h11,15-16H,5-10,12H2,1-4H3,(H,21,25)(H,22,24). The zero-order valence-electron chi connectivity index (χ0n) is 16.8. The average molecular weight is 377 g/mol. The largest absolute Gasteiger partial charge is 0.466 e. The van der Waals surface area contributed by atoms with Gasteiger partial charge in [0, 0.05) is 25.0 Å². The molecule has 2 heterocycles. The Balaban J connectivity index is 1.74. The molecular weight excluding hydrogens is 346 g/mol. The van der Waals surface area contributed by atoms with Gasteiger partial charge in [0.15, 0.2) is 0 Å². The Morgan fingerprint density at radius 3 is 2.33 bits per heavy atom. The van der Waals surface area contributed by atoms with Crippen LogP contribution in [0.5, 0.6) is 0 Å². The Morgan fingerprint density at radius 1 is 1.19 bits per heavy atom. The SMILES string of the molecule is CCC(CC)C(=O)N1CCC(NC(=O)CNC(=O)c2cc(C)oc2C)CC1. The molecule has 1 aromatic rings. The molecule has 0 radical (unpaired) electrons. The second-order valence-corrected chi connectivity index (χ2v) is 7.19. The lowest BCUT2D eigenvalue weighted by Crippen LogP contribution is -2.49. The van der Waals surface area contributed by atoms with Gasteiger partial charge in [0.05, 0.1) is 12.1 Å². The molecule has 27 heavy (non-hydrogen) atoms. The van der Waals surface area contributed by atoms with Crippen LogP contribution in [0.4, 0.5) is 0 Å². The summed E-state index contributed by atoms with van der Waals surface area (Å²) in [5.74, 6) is 0.997. The van der Waals surface area contributed by atoms with Gasteiger partial charge >= 0.3 is 0 Å². The number of rotatable bonds is 7. The minimum atomic E-state index is -0.315. The van der Waals surface area contributed by atoms with Crippen LogP contribution in [0, 0.1) is 19.8 Å². The number of likely N-dealkylation sites (tertiary alicyclic amines) is 1. The van der Waals surface area contributed by atoms with E-state index < -0.39 is 0 Å². The molecule has 1 aliphatic rings. The molecule has 2 N–H and O–H groups in total. The van der Waals surface area contributed by atoms with E-state index in [0.717, 1.165) is 25.7 Å². The zero-order chi connectivity index (χ0) is 20.0. The molecule has 0 aromatic carbocycles. The molecule has 1 saturated heterocycles. The lowest BCUT2D eigenvalue weighted by molar-refractivity contribution is -0.137. The fraction of sp³-hybridized carbons (Fsp3) is 0.650. The van der Waals surface area contributed by atoms with Crippen molar-refractivity contribution in [3.8, 4) is 0 Å². The summed E-state index contributed by atoms with van der Waals surface area (Å²) >= 11 is 0. The number of amides is 3. The number of aryl methyl sites for hydroxylation is 2. The van der Waals surface area contributed by atoms with Crippen molar-refractivity contribution in [2.75, 3.05) is 19.6 Å². The van der Waals surface area contributed by atoms with Gasteiger partial charge in [-0.2, -0.15) is 0 Å². The highest BCUT2D eigenvalue weighted by Crippen LogP contribution is 2.17. The highest BCUT2D eigenvalue weighted by molar-refractivity contribution is 5.97. The molecule has 150 valence electrons. The number of hydrogen-bond acceptors (Lipinski definition) is 4. The lowest BCUT2D eigenvalue weighted by atomic mass is 9.98. The predicted molar refractivity (Wildman–Crippen MR) is 102 cm³/mol. The maximum absolute atomic E-state index is 12.4. The smallest absolute Gasteiger partial charge is 0.255 e. The molecule has 1 aliphatic heterocycles. The fourth-order valence-electron chi connectivity index (χ4n) is 3.53. The Kier molecular flexibility index (Phi) is 7.45. The summed E-state index contributed by atoms with van der Waals surface area (Å²) in [6.07, 6.45) is 3.21. The van der Waals surface area contributed by atoms with Crippen LogP contribution < -0.4 is 10.6 Å². The summed E-state index contributed by atoms with van der Waals surface area (Å²) in [4.78, 5) is 38.6. The van der Waals surface area contributed by atoms with E-state index in [4.69, 9.17) is 4.42 Å². The predicted octanol–water partition coefficient (Wildman–Crippen LogP) is 2.17. The van der Waals surface area contributed by atoms with Crippen molar-refractivity contribution in [3.63, 3.8) is 0 Å². The highest BCUT2D eigenvalue weighted by Gasteiger charge is 2.27. The number of nitrogens with one attached hydrogen (secondary N) is 2. The lowest BCUT2D eigenvalue weighted by Gasteiger charge is -2.34. The van der Waals surface area contributed by atoms with Crippen molar-refractivity contribution < 1.29 is 18.8 Å². The monoisotopic (exact) mass is 377 g/mol. The first-order chi connectivity index (χ1) is 12.8. The molecule has 3 amide bonds. The van der Waals surface area contributed by atoms with Crippen molar-refractivity contribution in [3.05, 3.63) is 23.2 Å². The number of nitrogens with zero attached hydrogens (tertiary/aromatic N) is 1. The molecule has 7 nitrogen and oxygen atoms in total. The first kappa shape index (κ1) is 21.0. The Hall–Kier alpha value is -2.31. The van der Waals surface area contributed by atoms with Crippen LogP contribution >= 0.6 is 0 Å². The quantitative estimate of drug-likeness (QED) is 0.762. The van der Waals surface area contributed by atoms with Gasteiger partial charge in [0.25, 0.3) is 5.91 Å². The van der Waals surface area contributed by atoms with Gasteiger partial charge in [-0.15, -0.1) is 0 Å². The molecule has 2 rings (SSSR count). The summed E-state index contributed by atoms with van der Waals surface area (Å²) in [7, 11) is 0. The number of carbonyl (C=O) groups excluding carboxylic acids is 3. The second-order valence-electron chi connectivity index (χ2n) is 7.19. The van der Waals surface area contributed by atoms with Crippen LogP contribution in [-0.4, -0.2) is 48.3 Å². The van der Waals surface area contributed by atoms with E-state index in [0.29, 0.717) is 30.2 Å². The summed E-state index contributed by atoms with van der Waals surface area (Å²) < 4.78 is 5.33. The molecule has 1 aromatic heterocycles. The van der Waals surface area contributed by atoms with Crippen molar-refractivity contribution in [2.24, 2.45) is 5.92 Å². The van der Waals surface area contributed by atoms with Gasteiger partial charge in [0.2, 0.25) is 11.8 Å². The van der Waals surface area contributed by atoms with E-state index in [2.05, 4.69) is 10.6 Å². The van der Waals surface area contributed by atoms with Crippen molar-refractivity contribution in [1.82, 2.24) is 15.5 Å². The first-order valence-corrected chi connectivity index (χ1v) is 9.79. The van der Waals surface area contributed by atoms with E-state index in [1.807, 2.05) is 18.7 Å². The van der Waals surface area contributed by atoms with Crippen LogP contribution in [0.15, 0.2) is 10.5 Å². The fourth-order valence-corrected chi connectivity index (χ4v) is 3.53. The molecular formula is C20H31N3O4. The number of piperidine rings is 1. The van der Waals surface area contributed by atoms with Gasteiger partial charge < -0.3 is 20.0 Å². The summed E-state index contributed by atoms with van der Waals surface area (Å²) in [5.41, 5.74) is 0.452. The van der Waals surface area contributed by atoms with Crippen LogP contribution in [0.25, 0.3) is 0 Å².